The lowest BCUT2D eigenvalue weighted by molar-refractivity contribution is -0.136. The molecular formula is C21H20N2O5S. The Balaban J connectivity index is 1.65. The molecule has 0 aliphatic carbocycles. The molecule has 1 aliphatic rings. The van der Waals surface area contributed by atoms with Gasteiger partial charge in [0.1, 0.15) is 5.25 Å². The third-order valence-corrected chi connectivity index (χ3v) is 5.53. The summed E-state index contributed by atoms with van der Waals surface area (Å²) in [5.41, 5.74) is 3.40. The van der Waals surface area contributed by atoms with Crippen LogP contribution in [0.5, 0.6) is 0 Å². The Bertz CT molecular complexity index is 987. The molecule has 1 atom stereocenters. The number of rotatable bonds is 6. The number of thioether (sulfide) groups is 1. The topological polar surface area (TPSA) is 104 Å². The fourth-order valence-corrected chi connectivity index (χ4v) is 4.00. The van der Waals surface area contributed by atoms with Gasteiger partial charge >= 0.3 is 5.97 Å². The number of aliphatic carboxylic acids is 1. The van der Waals surface area contributed by atoms with Crippen LogP contribution >= 0.6 is 11.8 Å². The van der Waals surface area contributed by atoms with Crippen molar-refractivity contribution < 1.29 is 24.3 Å². The van der Waals surface area contributed by atoms with Crippen molar-refractivity contribution in [2.24, 2.45) is 0 Å². The van der Waals surface area contributed by atoms with Gasteiger partial charge < -0.3 is 10.4 Å². The number of aryl methyl sites for hydroxylation is 2. The lowest BCUT2D eigenvalue weighted by atomic mass is 10.1. The zero-order chi connectivity index (χ0) is 21.1. The highest BCUT2D eigenvalue weighted by Gasteiger charge is 2.42. The van der Waals surface area contributed by atoms with Crippen LogP contribution in [0.1, 0.15) is 23.1 Å². The standard InChI is InChI=1S/C21H20N2O5S/c1-12-3-4-13(2)16(9-12)23-20(27)17(29-21(23)28)11-18(24)22-15-7-5-14(6-8-15)10-19(25)26/h3-9,17H,10-11H2,1-2H3,(H,22,24)(H,25,26). The van der Waals surface area contributed by atoms with Crippen LogP contribution in [0.2, 0.25) is 0 Å². The molecule has 2 aromatic rings. The highest BCUT2D eigenvalue weighted by molar-refractivity contribution is 8.15. The van der Waals surface area contributed by atoms with Crippen LogP contribution in [-0.4, -0.2) is 33.4 Å². The van der Waals surface area contributed by atoms with Gasteiger partial charge in [-0.25, -0.2) is 4.90 Å². The van der Waals surface area contributed by atoms with Gasteiger partial charge in [0.2, 0.25) is 11.8 Å². The Hall–Kier alpha value is -3.13. The molecule has 0 aromatic heterocycles. The second kappa shape index (κ2) is 8.48. The van der Waals surface area contributed by atoms with Gasteiger partial charge in [-0.2, -0.15) is 0 Å². The number of carboxylic acid groups (broad SMARTS) is 1. The number of carbonyl (C=O) groups excluding carboxylic acids is 3. The SMILES string of the molecule is Cc1ccc(C)c(N2C(=O)SC(CC(=O)Nc3ccc(CC(=O)O)cc3)C2=O)c1. The van der Waals surface area contributed by atoms with Gasteiger partial charge in [0.05, 0.1) is 12.1 Å². The summed E-state index contributed by atoms with van der Waals surface area (Å²) in [6.45, 7) is 3.71. The molecule has 0 saturated carbocycles. The average molecular weight is 412 g/mol. The van der Waals surface area contributed by atoms with Crippen molar-refractivity contribution >= 4 is 46.2 Å². The summed E-state index contributed by atoms with van der Waals surface area (Å²) in [4.78, 5) is 49.4. The van der Waals surface area contributed by atoms with Gasteiger partial charge in [-0.05, 0) is 60.5 Å². The van der Waals surface area contributed by atoms with Crippen molar-refractivity contribution in [1.82, 2.24) is 0 Å². The fourth-order valence-electron chi connectivity index (χ4n) is 3.03. The van der Waals surface area contributed by atoms with Gasteiger partial charge in [0.25, 0.3) is 5.24 Å². The van der Waals surface area contributed by atoms with Gasteiger partial charge in [-0.15, -0.1) is 0 Å². The molecule has 7 nitrogen and oxygen atoms in total. The van der Waals surface area contributed by atoms with Crippen LogP contribution < -0.4 is 10.2 Å². The number of amides is 3. The Morgan fingerprint density at radius 1 is 1.10 bits per heavy atom. The zero-order valence-corrected chi connectivity index (χ0v) is 16.8. The van der Waals surface area contributed by atoms with Crippen LogP contribution in [0.3, 0.4) is 0 Å². The van der Waals surface area contributed by atoms with Crippen molar-refractivity contribution in [3.63, 3.8) is 0 Å². The minimum atomic E-state index is -0.934. The highest BCUT2D eigenvalue weighted by Crippen LogP contribution is 2.35. The van der Waals surface area contributed by atoms with Crippen LogP contribution in [0, 0.1) is 13.8 Å². The molecule has 1 heterocycles. The number of imide groups is 1. The molecule has 2 N–H and O–H groups in total. The molecule has 1 aliphatic heterocycles. The second-order valence-electron chi connectivity index (χ2n) is 6.86. The highest BCUT2D eigenvalue weighted by atomic mass is 32.2. The van der Waals surface area contributed by atoms with Crippen molar-refractivity contribution in [1.29, 1.82) is 0 Å². The molecule has 8 heteroatoms. The Morgan fingerprint density at radius 3 is 2.45 bits per heavy atom. The summed E-state index contributed by atoms with van der Waals surface area (Å²) in [6, 6.07) is 12.0. The maximum absolute atomic E-state index is 12.8. The molecule has 1 unspecified atom stereocenters. The second-order valence-corrected chi connectivity index (χ2v) is 8.01. The lowest BCUT2D eigenvalue weighted by Crippen LogP contribution is -2.33. The Labute approximate surface area is 172 Å². The van der Waals surface area contributed by atoms with Crippen molar-refractivity contribution in [3.05, 3.63) is 59.2 Å². The smallest absolute Gasteiger partial charge is 0.307 e. The first kappa shape index (κ1) is 20.6. The number of anilines is 2. The molecule has 0 bridgehead atoms. The van der Waals surface area contributed by atoms with Crippen molar-refractivity contribution in [3.8, 4) is 0 Å². The maximum Gasteiger partial charge on any atom is 0.307 e. The van der Waals surface area contributed by atoms with E-state index in [4.69, 9.17) is 5.11 Å². The first-order valence-corrected chi connectivity index (χ1v) is 9.85. The maximum atomic E-state index is 12.8. The van der Waals surface area contributed by atoms with E-state index in [0.29, 0.717) is 16.9 Å². The quantitative estimate of drug-likeness (QED) is 0.752. The van der Waals surface area contributed by atoms with Crippen molar-refractivity contribution in [2.45, 2.75) is 31.9 Å². The molecule has 150 valence electrons. The third kappa shape index (κ3) is 4.83. The van der Waals surface area contributed by atoms with E-state index in [1.165, 1.54) is 0 Å². The average Bonchev–Trinajstić information content (AvgIpc) is 2.92. The van der Waals surface area contributed by atoms with E-state index in [-0.39, 0.29) is 18.1 Å². The van der Waals surface area contributed by atoms with E-state index >= 15 is 0 Å². The third-order valence-electron chi connectivity index (χ3n) is 4.49. The Morgan fingerprint density at radius 2 is 1.79 bits per heavy atom. The number of hydrogen-bond acceptors (Lipinski definition) is 5. The summed E-state index contributed by atoms with van der Waals surface area (Å²) in [6.07, 6.45) is -0.231. The molecule has 0 radical (unpaired) electrons. The Kier molecular flexibility index (Phi) is 6.03. The summed E-state index contributed by atoms with van der Waals surface area (Å²) < 4.78 is 0. The molecular weight excluding hydrogens is 392 g/mol. The molecule has 3 amide bonds. The minimum absolute atomic E-state index is 0.0994. The number of nitrogens with one attached hydrogen (secondary N) is 1. The molecule has 1 saturated heterocycles. The van der Waals surface area contributed by atoms with E-state index < -0.39 is 23.0 Å². The van der Waals surface area contributed by atoms with Crippen LogP contribution in [0.15, 0.2) is 42.5 Å². The van der Waals surface area contributed by atoms with Gasteiger partial charge in [0, 0.05) is 12.1 Å². The first-order chi connectivity index (χ1) is 13.7. The summed E-state index contributed by atoms with van der Waals surface area (Å²) in [7, 11) is 0. The minimum Gasteiger partial charge on any atom is -0.481 e. The summed E-state index contributed by atoms with van der Waals surface area (Å²) in [5.74, 6) is -1.73. The predicted octanol–water partition coefficient (Wildman–Crippen LogP) is 3.53. The van der Waals surface area contributed by atoms with E-state index in [9.17, 15) is 19.2 Å². The number of carboxylic acids is 1. The monoisotopic (exact) mass is 412 g/mol. The van der Waals surface area contributed by atoms with Gasteiger partial charge in [-0.3, -0.25) is 19.2 Å². The largest absolute Gasteiger partial charge is 0.481 e. The van der Waals surface area contributed by atoms with E-state index in [2.05, 4.69) is 5.32 Å². The van der Waals surface area contributed by atoms with E-state index in [1.54, 1.807) is 30.3 Å². The predicted molar refractivity (Wildman–Crippen MR) is 111 cm³/mol. The van der Waals surface area contributed by atoms with Gasteiger partial charge in [0.15, 0.2) is 0 Å². The normalized spacial score (nSPS) is 16.2. The molecule has 3 rings (SSSR count). The van der Waals surface area contributed by atoms with Crippen LogP contribution in [0.4, 0.5) is 16.2 Å². The number of nitrogens with zero attached hydrogens (tertiary/aromatic N) is 1. The molecule has 29 heavy (non-hydrogen) atoms. The molecule has 1 fully saturated rings. The van der Waals surface area contributed by atoms with Gasteiger partial charge in [-0.1, -0.05) is 24.3 Å². The van der Waals surface area contributed by atoms with Crippen LogP contribution in [-0.2, 0) is 20.8 Å². The lowest BCUT2D eigenvalue weighted by Gasteiger charge is -2.17. The zero-order valence-electron chi connectivity index (χ0n) is 16.0. The number of hydrogen-bond donors (Lipinski definition) is 2. The first-order valence-electron chi connectivity index (χ1n) is 8.97. The van der Waals surface area contributed by atoms with E-state index in [0.717, 1.165) is 27.8 Å². The summed E-state index contributed by atoms with van der Waals surface area (Å²) in [5, 5.41) is 10.3. The van der Waals surface area contributed by atoms with Crippen molar-refractivity contribution in [2.75, 3.05) is 10.2 Å². The van der Waals surface area contributed by atoms with Crippen LogP contribution in [0.25, 0.3) is 0 Å². The fraction of sp³-hybridized carbons (Fsp3) is 0.238. The number of carbonyl (C=O) groups is 4. The molecule has 2 aromatic carbocycles. The number of benzene rings is 2. The molecule has 0 spiro atoms. The van der Waals surface area contributed by atoms with E-state index in [1.807, 2.05) is 26.0 Å². The summed E-state index contributed by atoms with van der Waals surface area (Å²) >= 11 is 0.851.